The number of hydrogen-bond acceptors (Lipinski definition) is 7. The number of carbonyl (C=O) groups excluding carboxylic acids is 2. The molecule has 3 heterocycles. The Labute approximate surface area is 165 Å². The molecule has 7 nitrogen and oxygen atoms in total. The van der Waals surface area contributed by atoms with Crippen LogP contribution in [0.5, 0.6) is 0 Å². The molecule has 0 aliphatic rings. The molecule has 0 saturated carbocycles. The van der Waals surface area contributed by atoms with Crippen LogP contribution in [0.4, 0.5) is 0 Å². The second-order valence-electron chi connectivity index (χ2n) is 6.59. The topological polar surface area (TPSA) is 86.5 Å². The molecule has 0 fully saturated rings. The first-order chi connectivity index (χ1) is 13.4. The van der Waals surface area contributed by atoms with Crippen molar-refractivity contribution in [3.63, 3.8) is 0 Å². The van der Waals surface area contributed by atoms with Crippen molar-refractivity contribution < 1.29 is 14.3 Å². The van der Waals surface area contributed by atoms with E-state index >= 15 is 0 Å². The van der Waals surface area contributed by atoms with Crippen LogP contribution >= 0.6 is 11.3 Å². The predicted octanol–water partition coefficient (Wildman–Crippen LogP) is 3.23. The molecule has 0 aliphatic heterocycles. The molecule has 28 heavy (non-hydrogen) atoms. The van der Waals surface area contributed by atoms with Crippen molar-refractivity contribution in [2.24, 2.45) is 0 Å². The number of ether oxygens (including phenoxy) is 1. The van der Waals surface area contributed by atoms with Gasteiger partial charge in [0.15, 0.2) is 12.4 Å². The number of thiophene rings is 1. The molecule has 0 atom stereocenters. The van der Waals surface area contributed by atoms with E-state index in [1.165, 1.54) is 11.3 Å². The lowest BCUT2D eigenvalue weighted by Crippen LogP contribution is -2.16. The summed E-state index contributed by atoms with van der Waals surface area (Å²) in [5.74, 6) is 0.00881. The van der Waals surface area contributed by atoms with Gasteiger partial charge in [-0.15, -0.1) is 16.4 Å². The van der Waals surface area contributed by atoms with Crippen molar-refractivity contribution in [3.05, 3.63) is 58.0 Å². The lowest BCUT2D eigenvalue weighted by molar-refractivity contribution is -0.141. The fourth-order valence-corrected chi connectivity index (χ4v) is 4.25. The van der Waals surface area contributed by atoms with Crippen LogP contribution in [-0.4, -0.2) is 37.9 Å². The molecule has 3 aromatic heterocycles. The molecule has 4 rings (SSSR count). The standard InChI is InChI=1S/C20H18N4O3S/c1-11-8-12(2)24-20(21-11)22-17(23-24)9-18(26)27-10-15(25)19-13(3)14-6-4-5-7-16(14)28-19/h4-8H,9-10H2,1-3H3. The smallest absolute Gasteiger partial charge is 0.314 e. The van der Waals surface area contributed by atoms with E-state index in [1.54, 1.807) is 4.52 Å². The number of aromatic nitrogens is 4. The maximum absolute atomic E-state index is 12.5. The summed E-state index contributed by atoms with van der Waals surface area (Å²) in [5, 5.41) is 5.33. The zero-order valence-corrected chi connectivity index (χ0v) is 16.5. The fourth-order valence-electron chi connectivity index (χ4n) is 3.11. The fraction of sp³-hybridized carbons (Fsp3) is 0.250. The Morgan fingerprint density at radius 2 is 1.93 bits per heavy atom. The van der Waals surface area contributed by atoms with Crippen LogP contribution in [0.25, 0.3) is 15.9 Å². The second-order valence-corrected chi connectivity index (χ2v) is 7.64. The van der Waals surface area contributed by atoms with Crippen LogP contribution in [0.2, 0.25) is 0 Å². The van der Waals surface area contributed by atoms with E-state index in [4.69, 9.17) is 4.74 Å². The summed E-state index contributed by atoms with van der Waals surface area (Å²) in [6.45, 7) is 5.38. The summed E-state index contributed by atoms with van der Waals surface area (Å²) in [6.07, 6.45) is -0.111. The van der Waals surface area contributed by atoms with Gasteiger partial charge >= 0.3 is 5.97 Å². The molecule has 4 aromatic rings. The maximum Gasteiger partial charge on any atom is 0.314 e. The lowest BCUT2D eigenvalue weighted by Gasteiger charge is -2.02. The van der Waals surface area contributed by atoms with Gasteiger partial charge in [0.25, 0.3) is 5.78 Å². The third kappa shape index (κ3) is 3.38. The molecular weight excluding hydrogens is 376 g/mol. The van der Waals surface area contributed by atoms with Crippen LogP contribution < -0.4 is 0 Å². The predicted molar refractivity (Wildman–Crippen MR) is 106 cm³/mol. The highest BCUT2D eigenvalue weighted by Gasteiger charge is 2.18. The molecule has 0 aliphatic carbocycles. The van der Waals surface area contributed by atoms with Crippen LogP contribution in [0, 0.1) is 20.8 Å². The van der Waals surface area contributed by atoms with Gasteiger partial charge in [-0.3, -0.25) is 9.59 Å². The summed E-state index contributed by atoms with van der Waals surface area (Å²) in [7, 11) is 0. The number of rotatable bonds is 5. The SMILES string of the molecule is Cc1cc(C)n2nc(CC(=O)OCC(=O)c3sc4ccccc4c3C)nc2n1. The Bertz CT molecular complexity index is 1230. The first-order valence-corrected chi connectivity index (χ1v) is 9.61. The molecule has 0 amide bonds. The third-order valence-electron chi connectivity index (χ3n) is 4.43. The van der Waals surface area contributed by atoms with E-state index < -0.39 is 5.97 Å². The van der Waals surface area contributed by atoms with Gasteiger partial charge in [0.05, 0.1) is 4.88 Å². The molecule has 0 radical (unpaired) electrons. The highest BCUT2D eigenvalue weighted by Crippen LogP contribution is 2.30. The van der Waals surface area contributed by atoms with Crippen LogP contribution in [0.3, 0.4) is 0 Å². The largest absolute Gasteiger partial charge is 0.457 e. The van der Waals surface area contributed by atoms with E-state index in [0.717, 1.165) is 27.0 Å². The molecule has 142 valence electrons. The van der Waals surface area contributed by atoms with Crippen LogP contribution in [0.1, 0.15) is 32.4 Å². The van der Waals surface area contributed by atoms with Crippen molar-refractivity contribution in [1.82, 2.24) is 19.6 Å². The highest BCUT2D eigenvalue weighted by atomic mass is 32.1. The van der Waals surface area contributed by atoms with E-state index in [9.17, 15) is 9.59 Å². The van der Waals surface area contributed by atoms with Gasteiger partial charge in [-0.05, 0) is 43.9 Å². The van der Waals surface area contributed by atoms with E-state index in [0.29, 0.717) is 16.5 Å². The number of fused-ring (bicyclic) bond motifs is 2. The Hall–Kier alpha value is -3.13. The Kier molecular flexibility index (Phi) is 4.64. The van der Waals surface area contributed by atoms with Gasteiger partial charge in [-0.1, -0.05) is 18.2 Å². The zero-order valence-electron chi connectivity index (χ0n) is 15.7. The minimum absolute atomic E-state index is 0.111. The molecule has 0 N–H and O–H groups in total. The molecular formula is C20H18N4O3S. The summed E-state index contributed by atoms with van der Waals surface area (Å²) < 4.78 is 7.80. The zero-order chi connectivity index (χ0) is 19.8. The molecule has 0 unspecified atom stereocenters. The Morgan fingerprint density at radius 3 is 2.71 bits per heavy atom. The monoisotopic (exact) mass is 394 g/mol. The van der Waals surface area contributed by atoms with Crippen LogP contribution in [-0.2, 0) is 16.0 Å². The third-order valence-corrected chi connectivity index (χ3v) is 5.74. The van der Waals surface area contributed by atoms with E-state index in [1.807, 2.05) is 51.1 Å². The number of nitrogens with zero attached hydrogens (tertiary/aromatic N) is 4. The van der Waals surface area contributed by atoms with Crippen molar-refractivity contribution in [3.8, 4) is 0 Å². The van der Waals surface area contributed by atoms with Crippen LogP contribution in [0.15, 0.2) is 30.3 Å². The number of Topliss-reactive ketones (excluding diaryl/α,β-unsaturated/α-hetero) is 1. The normalized spacial score (nSPS) is 11.2. The molecule has 0 bridgehead atoms. The maximum atomic E-state index is 12.5. The second kappa shape index (κ2) is 7.12. The average Bonchev–Trinajstić information content (AvgIpc) is 3.21. The average molecular weight is 394 g/mol. The van der Waals surface area contributed by atoms with Gasteiger partial charge in [0, 0.05) is 16.1 Å². The van der Waals surface area contributed by atoms with Crippen molar-refractivity contribution in [1.29, 1.82) is 0 Å². The number of aryl methyl sites for hydroxylation is 3. The lowest BCUT2D eigenvalue weighted by atomic mass is 10.1. The highest BCUT2D eigenvalue weighted by molar-refractivity contribution is 7.21. The molecule has 0 saturated heterocycles. The number of benzene rings is 1. The minimum atomic E-state index is -0.544. The van der Waals surface area contributed by atoms with E-state index in [2.05, 4.69) is 15.1 Å². The van der Waals surface area contributed by atoms with E-state index in [-0.39, 0.29) is 18.8 Å². The number of hydrogen-bond donors (Lipinski definition) is 0. The first-order valence-electron chi connectivity index (χ1n) is 8.79. The summed E-state index contributed by atoms with van der Waals surface area (Å²) in [6, 6.07) is 9.72. The number of carbonyl (C=O) groups is 2. The first kappa shape index (κ1) is 18.2. The Morgan fingerprint density at radius 1 is 1.14 bits per heavy atom. The molecule has 8 heteroatoms. The number of ketones is 1. The molecule has 1 aromatic carbocycles. The van der Waals surface area contributed by atoms with Gasteiger partial charge in [0.1, 0.15) is 6.42 Å². The van der Waals surface area contributed by atoms with Crippen molar-refractivity contribution in [2.45, 2.75) is 27.2 Å². The molecule has 0 spiro atoms. The summed E-state index contributed by atoms with van der Waals surface area (Å²) in [5.41, 5.74) is 2.63. The quantitative estimate of drug-likeness (QED) is 0.382. The van der Waals surface area contributed by atoms with Gasteiger partial charge < -0.3 is 4.74 Å². The minimum Gasteiger partial charge on any atom is -0.457 e. The summed E-state index contributed by atoms with van der Waals surface area (Å²) >= 11 is 1.42. The van der Waals surface area contributed by atoms with Crippen molar-refractivity contribution in [2.75, 3.05) is 6.61 Å². The van der Waals surface area contributed by atoms with Gasteiger partial charge in [-0.2, -0.15) is 4.98 Å². The van der Waals surface area contributed by atoms with Gasteiger partial charge in [0.2, 0.25) is 5.78 Å². The number of esters is 1. The van der Waals surface area contributed by atoms with Crippen molar-refractivity contribution >= 4 is 39.0 Å². The summed E-state index contributed by atoms with van der Waals surface area (Å²) in [4.78, 5) is 33.8. The van der Waals surface area contributed by atoms with Gasteiger partial charge in [-0.25, -0.2) is 9.50 Å². The Balaban J connectivity index is 1.43.